The Hall–Kier alpha value is -3.34. The zero-order chi connectivity index (χ0) is 19.8. The summed E-state index contributed by atoms with van der Waals surface area (Å²) in [5.74, 6) is 0.553. The quantitative estimate of drug-likeness (QED) is 0.499. The number of benzene rings is 2. The van der Waals surface area contributed by atoms with E-state index in [-0.39, 0.29) is 21.9 Å². The normalized spacial score (nSPS) is 11.4. The average molecular weight is 393 g/mol. The van der Waals surface area contributed by atoms with Gasteiger partial charge in [-0.05, 0) is 19.1 Å². The molecule has 10 nitrogen and oxygen atoms in total. The first-order valence-corrected chi connectivity index (χ1v) is 9.04. The maximum atomic E-state index is 12.7. The molecule has 1 aromatic heterocycles. The van der Waals surface area contributed by atoms with E-state index in [1.54, 1.807) is 6.92 Å². The smallest absolute Gasteiger partial charge is 0.294 e. The van der Waals surface area contributed by atoms with Crippen molar-refractivity contribution in [3.05, 3.63) is 46.1 Å². The molecule has 0 aliphatic rings. The van der Waals surface area contributed by atoms with Crippen molar-refractivity contribution in [2.24, 2.45) is 0 Å². The predicted molar refractivity (Wildman–Crippen MR) is 95.8 cm³/mol. The summed E-state index contributed by atoms with van der Waals surface area (Å²) >= 11 is 0. The summed E-state index contributed by atoms with van der Waals surface area (Å²) in [7, 11) is -1.35. The standard InChI is InChI=1S/C16H15N3O7S/c1-9-11-7-13(19(20)21)12(8-15(11)26-17-9)18-27(22,23)10-4-5-14(24-2)16(6-10)25-3/h4-8,18H,1-3H3. The molecule has 1 N–H and O–H groups in total. The molecule has 0 fully saturated rings. The van der Waals surface area contributed by atoms with Gasteiger partial charge in [0.05, 0.1) is 35.1 Å². The Morgan fingerprint density at radius 3 is 2.48 bits per heavy atom. The van der Waals surface area contributed by atoms with Gasteiger partial charge in [0.25, 0.3) is 15.7 Å². The molecule has 3 aromatic rings. The molecule has 3 rings (SSSR count). The topological polar surface area (TPSA) is 134 Å². The number of fused-ring (bicyclic) bond motifs is 1. The molecule has 27 heavy (non-hydrogen) atoms. The molecule has 142 valence electrons. The van der Waals surface area contributed by atoms with Crippen LogP contribution in [0.3, 0.4) is 0 Å². The molecular weight excluding hydrogens is 378 g/mol. The van der Waals surface area contributed by atoms with Gasteiger partial charge in [-0.25, -0.2) is 8.42 Å². The van der Waals surface area contributed by atoms with Crippen LogP contribution in [-0.4, -0.2) is 32.7 Å². The lowest BCUT2D eigenvalue weighted by molar-refractivity contribution is -0.383. The van der Waals surface area contributed by atoms with Crippen molar-refractivity contribution in [1.82, 2.24) is 5.16 Å². The number of hydrogen-bond donors (Lipinski definition) is 1. The highest BCUT2D eigenvalue weighted by Crippen LogP contribution is 2.34. The number of hydrogen-bond acceptors (Lipinski definition) is 8. The van der Waals surface area contributed by atoms with Crippen LogP contribution in [0.25, 0.3) is 11.0 Å². The lowest BCUT2D eigenvalue weighted by Gasteiger charge is -2.11. The number of nitrogens with zero attached hydrogens (tertiary/aromatic N) is 2. The van der Waals surface area contributed by atoms with Crippen molar-refractivity contribution in [2.45, 2.75) is 11.8 Å². The monoisotopic (exact) mass is 393 g/mol. The van der Waals surface area contributed by atoms with Crippen LogP contribution < -0.4 is 14.2 Å². The van der Waals surface area contributed by atoms with Crippen molar-refractivity contribution in [2.75, 3.05) is 18.9 Å². The third-order valence-corrected chi connectivity index (χ3v) is 5.24. The lowest BCUT2D eigenvalue weighted by Crippen LogP contribution is -2.14. The summed E-state index contributed by atoms with van der Waals surface area (Å²) in [4.78, 5) is 10.6. The molecule has 0 radical (unpaired) electrons. The third kappa shape index (κ3) is 3.36. The molecule has 0 spiro atoms. The second-order valence-corrected chi connectivity index (χ2v) is 7.20. The molecule has 0 aliphatic carbocycles. The van der Waals surface area contributed by atoms with E-state index in [0.29, 0.717) is 16.8 Å². The van der Waals surface area contributed by atoms with E-state index in [0.717, 1.165) is 0 Å². The SMILES string of the molecule is COc1ccc(S(=O)(=O)Nc2cc3onc(C)c3cc2[N+](=O)[O-])cc1OC. The van der Waals surface area contributed by atoms with Gasteiger partial charge in [0.1, 0.15) is 5.69 Å². The van der Waals surface area contributed by atoms with Crippen LogP contribution in [0.4, 0.5) is 11.4 Å². The highest BCUT2D eigenvalue weighted by atomic mass is 32.2. The van der Waals surface area contributed by atoms with Gasteiger partial charge in [0, 0.05) is 18.2 Å². The number of nitro groups is 1. The maximum Gasteiger partial charge on any atom is 0.294 e. The molecule has 11 heteroatoms. The minimum Gasteiger partial charge on any atom is -0.493 e. The molecule has 1 heterocycles. The summed E-state index contributed by atoms with van der Waals surface area (Å²) in [6.07, 6.45) is 0. The molecule has 2 aromatic carbocycles. The van der Waals surface area contributed by atoms with Gasteiger partial charge in [-0.1, -0.05) is 5.16 Å². The van der Waals surface area contributed by atoms with Crippen LogP contribution in [-0.2, 0) is 10.0 Å². The van der Waals surface area contributed by atoms with Gasteiger partial charge in [0.2, 0.25) is 0 Å². The van der Waals surface area contributed by atoms with Gasteiger partial charge < -0.3 is 14.0 Å². The van der Waals surface area contributed by atoms with Crippen LogP contribution >= 0.6 is 0 Å². The average Bonchev–Trinajstić information content (AvgIpc) is 3.00. The minimum atomic E-state index is -4.14. The summed E-state index contributed by atoms with van der Waals surface area (Å²) in [5.41, 5.74) is 0.0294. The number of aromatic nitrogens is 1. The minimum absolute atomic E-state index is 0.150. The van der Waals surface area contributed by atoms with E-state index in [2.05, 4.69) is 9.88 Å². The van der Waals surface area contributed by atoms with Gasteiger partial charge in [-0.15, -0.1) is 0 Å². The largest absolute Gasteiger partial charge is 0.493 e. The number of rotatable bonds is 6. The molecule has 0 aliphatic heterocycles. The fourth-order valence-electron chi connectivity index (χ4n) is 2.51. The van der Waals surface area contributed by atoms with Gasteiger partial charge in [-0.3, -0.25) is 14.8 Å². The van der Waals surface area contributed by atoms with Crippen LogP contribution in [0.5, 0.6) is 11.5 Å². The first kappa shape index (κ1) is 18.5. The predicted octanol–water partition coefficient (Wildman–Crippen LogP) is 2.86. The number of methoxy groups -OCH3 is 2. The highest BCUT2D eigenvalue weighted by molar-refractivity contribution is 7.92. The number of nitrogens with one attached hydrogen (secondary N) is 1. The van der Waals surface area contributed by atoms with Crippen molar-refractivity contribution >= 4 is 32.4 Å². The Morgan fingerprint density at radius 1 is 1.15 bits per heavy atom. The summed E-state index contributed by atoms with van der Waals surface area (Å²) < 4.78 is 42.9. The molecule has 0 unspecified atom stereocenters. The number of ether oxygens (including phenoxy) is 2. The zero-order valence-electron chi connectivity index (χ0n) is 14.5. The summed E-state index contributed by atoms with van der Waals surface area (Å²) in [6.45, 7) is 1.63. The Kier molecular flexibility index (Phi) is 4.62. The Morgan fingerprint density at radius 2 is 1.85 bits per heavy atom. The first-order chi connectivity index (χ1) is 12.8. The second-order valence-electron chi connectivity index (χ2n) is 5.51. The molecule has 0 saturated heterocycles. The molecular formula is C16H15N3O7S. The molecule has 0 amide bonds. The number of nitro benzene ring substituents is 1. The fraction of sp³-hybridized carbons (Fsp3) is 0.188. The molecule has 0 bridgehead atoms. The Balaban J connectivity index is 2.08. The summed E-state index contributed by atoms with van der Waals surface area (Å²) in [6, 6.07) is 6.42. The van der Waals surface area contributed by atoms with Crippen LogP contribution in [0, 0.1) is 17.0 Å². The van der Waals surface area contributed by atoms with E-state index < -0.39 is 20.6 Å². The van der Waals surface area contributed by atoms with Gasteiger partial charge in [-0.2, -0.15) is 0 Å². The Bertz CT molecular complexity index is 1140. The van der Waals surface area contributed by atoms with Gasteiger partial charge >= 0.3 is 0 Å². The summed E-state index contributed by atoms with van der Waals surface area (Å²) in [5, 5.41) is 15.5. The van der Waals surface area contributed by atoms with E-state index >= 15 is 0 Å². The third-order valence-electron chi connectivity index (χ3n) is 3.87. The van der Waals surface area contributed by atoms with E-state index in [4.69, 9.17) is 14.0 Å². The van der Waals surface area contributed by atoms with Gasteiger partial charge in [0.15, 0.2) is 17.1 Å². The van der Waals surface area contributed by atoms with Crippen molar-refractivity contribution < 1.29 is 27.3 Å². The lowest BCUT2D eigenvalue weighted by atomic mass is 10.2. The molecule has 0 atom stereocenters. The zero-order valence-corrected chi connectivity index (χ0v) is 15.4. The van der Waals surface area contributed by atoms with Crippen LogP contribution in [0.15, 0.2) is 39.8 Å². The Labute approximate surface area is 153 Å². The van der Waals surface area contributed by atoms with Crippen LogP contribution in [0.1, 0.15) is 5.69 Å². The fourth-order valence-corrected chi connectivity index (χ4v) is 3.59. The number of anilines is 1. The van der Waals surface area contributed by atoms with E-state index in [1.165, 1.54) is 44.6 Å². The number of aryl methyl sites for hydroxylation is 1. The molecule has 0 saturated carbocycles. The van der Waals surface area contributed by atoms with Crippen molar-refractivity contribution in [3.63, 3.8) is 0 Å². The van der Waals surface area contributed by atoms with Crippen molar-refractivity contribution in [1.29, 1.82) is 0 Å². The highest BCUT2D eigenvalue weighted by Gasteiger charge is 2.24. The van der Waals surface area contributed by atoms with Crippen molar-refractivity contribution in [3.8, 4) is 11.5 Å². The first-order valence-electron chi connectivity index (χ1n) is 7.56. The second kappa shape index (κ2) is 6.76. The van der Waals surface area contributed by atoms with E-state index in [9.17, 15) is 18.5 Å². The van der Waals surface area contributed by atoms with E-state index in [1.807, 2.05) is 0 Å². The number of sulfonamides is 1. The maximum absolute atomic E-state index is 12.7. The van der Waals surface area contributed by atoms with Crippen LogP contribution in [0.2, 0.25) is 0 Å².